The summed E-state index contributed by atoms with van der Waals surface area (Å²) in [4.78, 5) is 14.3. The van der Waals surface area contributed by atoms with Crippen molar-refractivity contribution >= 4 is 5.91 Å². The number of carbonyl (C=O) groups is 1. The maximum Gasteiger partial charge on any atom is 0.263 e. The van der Waals surface area contributed by atoms with Crippen molar-refractivity contribution in [2.75, 3.05) is 14.2 Å². The number of carbonyl (C=O) groups excluding carboxylic acids is 1. The van der Waals surface area contributed by atoms with Crippen LogP contribution in [0.4, 0.5) is 0 Å². The summed E-state index contributed by atoms with van der Waals surface area (Å²) in [5, 5.41) is 0. The molecule has 0 aliphatic carbocycles. The number of benzene rings is 2. The average Bonchev–Trinajstić information content (AvgIpc) is 2.60. The van der Waals surface area contributed by atoms with Crippen LogP contribution in [-0.2, 0) is 11.3 Å². The van der Waals surface area contributed by atoms with Gasteiger partial charge in [0.25, 0.3) is 5.91 Å². The highest BCUT2D eigenvalue weighted by Gasteiger charge is 2.22. The molecule has 0 N–H and O–H groups in total. The Morgan fingerprint density at radius 3 is 2.26 bits per heavy atom. The maximum atomic E-state index is 12.6. The standard InChI is InChI=1S/C19H23NO3/c1-4-18(23-17-8-6-5-7-9-17)19(21)20(2)14-15-10-12-16(22-3)13-11-15/h5-13,18H,4,14H2,1-3H3/t18-/m1/s1. The molecule has 0 bridgehead atoms. The largest absolute Gasteiger partial charge is 0.497 e. The normalized spacial score (nSPS) is 11.6. The smallest absolute Gasteiger partial charge is 0.263 e. The van der Waals surface area contributed by atoms with Crippen molar-refractivity contribution < 1.29 is 14.3 Å². The van der Waals surface area contributed by atoms with Crippen LogP contribution in [0.5, 0.6) is 11.5 Å². The molecule has 2 aromatic rings. The zero-order valence-electron chi connectivity index (χ0n) is 13.9. The highest BCUT2D eigenvalue weighted by Crippen LogP contribution is 2.16. The molecule has 0 spiro atoms. The van der Waals surface area contributed by atoms with Crippen LogP contribution in [0.1, 0.15) is 18.9 Å². The van der Waals surface area contributed by atoms with Gasteiger partial charge in [-0.3, -0.25) is 4.79 Å². The first-order chi connectivity index (χ1) is 11.1. The molecule has 2 aromatic carbocycles. The van der Waals surface area contributed by atoms with E-state index >= 15 is 0 Å². The van der Waals surface area contributed by atoms with Crippen LogP contribution in [0.15, 0.2) is 54.6 Å². The topological polar surface area (TPSA) is 38.8 Å². The van der Waals surface area contributed by atoms with Gasteiger partial charge in [0.05, 0.1) is 7.11 Å². The minimum Gasteiger partial charge on any atom is -0.497 e. The van der Waals surface area contributed by atoms with Crippen LogP contribution in [0.3, 0.4) is 0 Å². The lowest BCUT2D eigenvalue weighted by molar-refractivity contribution is -0.138. The summed E-state index contributed by atoms with van der Waals surface area (Å²) in [5.74, 6) is 1.50. The van der Waals surface area contributed by atoms with E-state index in [1.54, 1.807) is 19.1 Å². The van der Waals surface area contributed by atoms with Gasteiger partial charge in [-0.15, -0.1) is 0 Å². The molecule has 122 valence electrons. The summed E-state index contributed by atoms with van der Waals surface area (Å²) in [6.07, 6.45) is 0.154. The molecule has 4 nitrogen and oxygen atoms in total. The Morgan fingerprint density at radius 1 is 1.04 bits per heavy atom. The minimum absolute atomic E-state index is 0.0211. The van der Waals surface area contributed by atoms with Gasteiger partial charge in [0.2, 0.25) is 0 Å². The van der Waals surface area contributed by atoms with E-state index in [1.807, 2.05) is 61.5 Å². The molecule has 0 saturated carbocycles. The zero-order valence-corrected chi connectivity index (χ0v) is 13.9. The first-order valence-corrected chi connectivity index (χ1v) is 7.73. The Hall–Kier alpha value is -2.49. The molecule has 2 rings (SSSR count). The molecule has 1 atom stereocenters. The van der Waals surface area contributed by atoms with Crippen molar-refractivity contribution in [3.63, 3.8) is 0 Å². The Morgan fingerprint density at radius 2 is 1.70 bits per heavy atom. The van der Waals surface area contributed by atoms with Gasteiger partial charge in [0, 0.05) is 13.6 Å². The third-order valence-corrected chi connectivity index (χ3v) is 3.62. The fraction of sp³-hybridized carbons (Fsp3) is 0.316. The number of likely N-dealkylation sites (N-methyl/N-ethyl adjacent to an activating group) is 1. The van der Waals surface area contributed by atoms with Crippen LogP contribution in [0.25, 0.3) is 0 Å². The molecule has 0 radical (unpaired) electrons. The number of nitrogens with zero attached hydrogens (tertiary/aromatic N) is 1. The van der Waals surface area contributed by atoms with Crippen molar-refractivity contribution in [1.82, 2.24) is 4.90 Å². The molecule has 1 amide bonds. The van der Waals surface area contributed by atoms with Gasteiger partial charge in [0.15, 0.2) is 6.10 Å². The molecule has 4 heteroatoms. The summed E-state index contributed by atoms with van der Waals surface area (Å²) >= 11 is 0. The van der Waals surface area contributed by atoms with Gasteiger partial charge in [-0.05, 0) is 36.2 Å². The minimum atomic E-state index is -0.472. The monoisotopic (exact) mass is 313 g/mol. The highest BCUT2D eigenvalue weighted by molar-refractivity contribution is 5.81. The SMILES string of the molecule is CC[C@@H](Oc1ccccc1)C(=O)N(C)Cc1ccc(OC)cc1. The van der Waals surface area contributed by atoms with Crippen molar-refractivity contribution in [2.24, 2.45) is 0 Å². The summed E-state index contributed by atoms with van der Waals surface area (Å²) in [5.41, 5.74) is 1.05. The third kappa shape index (κ3) is 4.74. The molecule has 0 saturated heterocycles. The van der Waals surface area contributed by atoms with Crippen molar-refractivity contribution in [3.05, 3.63) is 60.2 Å². The van der Waals surface area contributed by atoms with E-state index in [9.17, 15) is 4.79 Å². The van der Waals surface area contributed by atoms with Gasteiger partial charge in [-0.1, -0.05) is 37.3 Å². The zero-order chi connectivity index (χ0) is 16.7. The second-order valence-corrected chi connectivity index (χ2v) is 5.37. The Labute approximate surface area is 137 Å². The first-order valence-electron chi connectivity index (χ1n) is 7.73. The second-order valence-electron chi connectivity index (χ2n) is 5.37. The van der Waals surface area contributed by atoms with Crippen molar-refractivity contribution in [2.45, 2.75) is 26.0 Å². The van der Waals surface area contributed by atoms with Gasteiger partial charge in [-0.25, -0.2) is 0 Å². The van der Waals surface area contributed by atoms with E-state index in [0.717, 1.165) is 11.3 Å². The number of hydrogen-bond donors (Lipinski definition) is 0. The van der Waals surface area contributed by atoms with Crippen molar-refractivity contribution in [1.29, 1.82) is 0 Å². The summed E-state index contributed by atoms with van der Waals surface area (Å²) in [6, 6.07) is 17.1. The van der Waals surface area contributed by atoms with Crippen LogP contribution >= 0.6 is 0 Å². The predicted molar refractivity (Wildman–Crippen MR) is 90.6 cm³/mol. The van der Waals surface area contributed by atoms with Crippen LogP contribution in [0.2, 0.25) is 0 Å². The van der Waals surface area contributed by atoms with Gasteiger partial charge in [0.1, 0.15) is 11.5 Å². The molecule has 23 heavy (non-hydrogen) atoms. The van der Waals surface area contributed by atoms with E-state index in [2.05, 4.69) is 0 Å². The molecule has 0 aliphatic rings. The van der Waals surface area contributed by atoms with Crippen LogP contribution in [0, 0.1) is 0 Å². The number of amides is 1. The van der Waals surface area contributed by atoms with E-state index in [0.29, 0.717) is 18.7 Å². The molecule has 0 aromatic heterocycles. The van der Waals surface area contributed by atoms with Gasteiger partial charge >= 0.3 is 0 Å². The third-order valence-electron chi connectivity index (χ3n) is 3.62. The van der Waals surface area contributed by atoms with Gasteiger partial charge < -0.3 is 14.4 Å². The second kappa shape index (κ2) is 8.22. The fourth-order valence-electron chi connectivity index (χ4n) is 2.30. The summed E-state index contributed by atoms with van der Waals surface area (Å²) in [7, 11) is 3.43. The Kier molecular flexibility index (Phi) is 6.03. The molecule has 0 heterocycles. The molecule has 0 aliphatic heterocycles. The fourth-order valence-corrected chi connectivity index (χ4v) is 2.30. The molecular weight excluding hydrogens is 290 g/mol. The summed E-state index contributed by atoms with van der Waals surface area (Å²) < 4.78 is 11.0. The number of methoxy groups -OCH3 is 1. The quantitative estimate of drug-likeness (QED) is 0.785. The first kappa shape index (κ1) is 16.9. The number of hydrogen-bond acceptors (Lipinski definition) is 3. The predicted octanol–water partition coefficient (Wildman–Crippen LogP) is 3.51. The number of ether oxygens (including phenoxy) is 2. The number of para-hydroxylation sites is 1. The van der Waals surface area contributed by atoms with Crippen LogP contribution < -0.4 is 9.47 Å². The van der Waals surface area contributed by atoms with Crippen LogP contribution in [-0.4, -0.2) is 31.1 Å². The van der Waals surface area contributed by atoms with E-state index in [4.69, 9.17) is 9.47 Å². The lowest BCUT2D eigenvalue weighted by Gasteiger charge is -2.24. The van der Waals surface area contributed by atoms with Crippen molar-refractivity contribution in [3.8, 4) is 11.5 Å². The Balaban J connectivity index is 1.98. The molecule has 0 fully saturated rings. The van der Waals surface area contributed by atoms with E-state index < -0.39 is 6.10 Å². The maximum absolute atomic E-state index is 12.6. The highest BCUT2D eigenvalue weighted by atomic mass is 16.5. The van der Waals surface area contributed by atoms with E-state index in [1.165, 1.54) is 0 Å². The summed E-state index contributed by atoms with van der Waals surface area (Å²) in [6.45, 7) is 2.49. The number of rotatable bonds is 7. The molecule has 0 unspecified atom stereocenters. The lowest BCUT2D eigenvalue weighted by atomic mass is 10.2. The van der Waals surface area contributed by atoms with Gasteiger partial charge in [-0.2, -0.15) is 0 Å². The average molecular weight is 313 g/mol. The lowest BCUT2D eigenvalue weighted by Crippen LogP contribution is -2.39. The van der Waals surface area contributed by atoms with E-state index in [-0.39, 0.29) is 5.91 Å². The Bertz CT molecular complexity index is 610. The molecular formula is C19H23NO3.